The number of nitro benzene ring substituents is 1. The number of rotatable bonds is 5. The first-order valence-electron chi connectivity index (χ1n) is 6.53. The van der Waals surface area contributed by atoms with Crippen molar-refractivity contribution in [2.24, 2.45) is 0 Å². The van der Waals surface area contributed by atoms with Crippen molar-refractivity contribution >= 4 is 29.0 Å². The fraction of sp³-hybridized carbons (Fsp3) is 0.0667. The molecule has 0 aliphatic carbocycles. The van der Waals surface area contributed by atoms with Crippen LogP contribution in [0.25, 0.3) is 0 Å². The molecule has 0 fully saturated rings. The van der Waals surface area contributed by atoms with Gasteiger partial charge in [0.05, 0.1) is 23.3 Å². The van der Waals surface area contributed by atoms with Gasteiger partial charge in [-0.2, -0.15) is 0 Å². The SMILES string of the molecule is COC(=O)c1cc([N+](=O)[O-])ccc1Nc1ccc(O)c(C(=O)O)c1. The fourth-order valence-electron chi connectivity index (χ4n) is 1.97. The molecule has 0 bridgehead atoms. The standard InChI is InChI=1S/C15H12N2O7/c1-24-15(21)10-7-9(17(22)23)3-4-12(10)16-8-2-5-13(18)11(6-8)14(19)20/h2-7,16,18H,1H3,(H,19,20). The van der Waals surface area contributed by atoms with Gasteiger partial charge < -0.3 is 20.3 Å². The molecule has 124 valence electrons. The van der Waals surface area contributed by atoms with E-state index >= 15 is 0 Å². The summed E-state index contributed by atoms with van der Waals surface area (Å²) < 4.78 is 4.59. The monoisotopic (exact) mass is 332 g/mol. The lowest BCUT2D eigenvalue weighted by Crippen LogP contribution is -2.07. The molecule has 0 spiro atoms. The number of aromatic carboxylic acids is 1. The van der Waals surface area contributed by atoms with Crippen molar-refractivity contribution in [1.29, 1.82) is 0 Å². The number of non-ortho nitro benzene ring substituents is 1. The fourth-order valence-corrected chi connectivity index (χ4v) is 1.97. The van der Waals surface area contributed by atoms with Gasteiger partial charge in [0.1, 0.15) is 11.3 Å². The van der Waals surface area contributed by atoms with Crippen LogP contribution in [0.4, 0.5) is 17.1 Å². The van der Waals surface area contributed by atoms with Crippen LogP contribution in [0.15, 0.2) is 36.4 Å². The lowest BCUT2D eigenvalue weighted by molar-refractivity contribution is -0.384. The van der Waals surface area contributed by atoms with Gasteiger partial charge in [-0.3, -0.25) is 10.1 Å². The van der Waals surface area contributed by atoms with Crippen LogP contribution in [0.2, 0.25) is 0 Å². The molecule has 0 heterocycles. The summed E-state index contributed by atoms with van der Waals surface area (Å²) >= 11 is 0. The van der Waals surface area contributed by atoms with Crippen molar-refractivity contribution in [2.45, 2.75) is 0 Å². The summed E-state index contributed by atoms with van der Waals surface area (Å²) in [6, 6.07) is 7.27. The van der Waals surface area contributed by atoms with E-state index in [2.05, 4.69) is 10.1 Å². The van der Waals surface area contributed by atoms with Crippen molar-refractivity contribution in [3.8, 4) is 5.75 Å². The molecule has 0 radical (unpaired) electrons. The number of nitrogens with zero attached hydrogens (tertiary/aromatic N) is 1. The lowest BCUT2D eigenvalue weighted by Gasteiger charge is -2.11. The minimum absolute atomic E-state index is 0.0864. The van der Waals surface area contributed by atoms with E-state index in [1.165, 1.54) is 30.3 Å². The van der Waals surface area contributed by atoms with Crippen LogP contribution >= 0.6 is 0 Å². The van der Waals surface area contributed by atoms with E-state index in [0.717, 1.165) is 13.2 Å². The number of carbonyl (C=O) groups is 2. The molecule has 3 N–H and O–H groups in total. The highest BCUT2D eigenvalue weighted by Gasteiger charge is 2.18. The zero-order chi connectivity index (χ0) is 17.9. The molecule has 9 nitrogen and oxygen atoms in total. The van der Waals surface area contributed by atoms with E-state index in [0.29, 0.717) is 0 Å². The first-order chi connectivity index (χ1) is 11.3. The number of methoxy groups -OCH3 is 1. The zero-order valence-electron chi connectivity index (χ0n) is 12.3. The second-order valence-electron chi connectivity index (χ2n) is 4.64. The largest absolute Gasteiger partial charge is 0.507 e. The molecule has 2 aromatic rings. The Morgan fingerprint density at radius 1 is 1.17 bits per heavy atom. The van der Waals surface area contributed by atoms with Crippen molar-refractivity contribution in [2.75, 3.05) is 12.4 Å². The smallest absolute Gasteiger partial charge is 0.340 e. The third-order valence-corrected chi connectivity index (χ3v) is 3.13. The normalized spacial score (nSPS) is 10.0. The Labute approximate surface area is 135 Å². The van der Waals surface area contributed by atoms with E-state index in [-0.39, 0.29) is 28.2 Å². The van der Waals surface area contributed by atoms with Crippen molar-refractivity contribution in [3.05, 3.63) is 57.6 Å². The highest BCUT2D eigenvalue weighted by Crippen LogP contribution is 2.28. The number of ether oxygens (including phenoxy) is 1. The Bertz CT molecular complexity index is 833. The van der Waals surface area contributed by atoms with Crippen molar-refractivity contribution < 1.29 is 29.5 Å². The Balaban J connectivity index is 2.46. The quantitative estimate of drug-likeness (QED) is 0.328. The summed E-state index contributed by atoms with van der Waals surface area (Å²) in [5, 5.41) is 32.1. The first kappa shape index (κ1) is 16.7. The molecule has 0 saturated carbocycles. The number of hydrogen-bond donors (Lipinski definition) is 3. The number of aromatic hydroxyl groups is 1. The number of carbonyl (C=O) groups excluding carboxylic acids is 1. The summed E-state index contributed by atoms with van der Waals surface area (Å²) in [6.07, 6.45) is 0. The molecule has 0 unspecified atom stereocenters. The van der Waals surface area contributed by atoms with E-state index in [1.807, 2.05) is 0 Å². The lowest BCUT2D eigenvalue weighted by atomic mass is 10.1. The van der Waals surface area contributed by atoms with Gasteiger partial charge in [-0.15, -0.1) is 0 Å². The Hall–Kier alpha value is -3.62. The average molecular weight is 332 g/mol. The maximum Gasteiger partial charge on any atom is 0.340 e. The molecule has 0 saturated heterocycles. The molecule has 0 aromatic heterocycles. The average Bonchev–Trinajstić information content (AvgIpc) is 2.55. The molecule has 0 atom stereocenters. The topological polar surface area (TPSA) is 139 Å². The number of hydrogen-bond acceptors (Lipinski definition) is 7. The minimum atomic E-state index is -1.33. The second kappa shape index (κ2) is 6.65. The van der Waals surface area contributed by atoms with Crippen LogP contribution in [0.3, 0.4) is 0 Å². The summed E-state index contributed by atoms with van der Waals surface area (Å²) in [7, 11) is 1.13. The van der Waals surface area contributed by atoms with Crippen LogP contribution in [0.1, 0.15) is 20.7 Å². The van der Waals surface area contributed by atoms with Crippen LogP contribution in [-0.2, 0) is 4.74 Å². The molecule has 9 heteroatoms. The number of phenols is 1. The third-order valence-electron chi connectivity index (χ3n) is 3.13. The maximum absolute atomic E-state index is 11.8. The molecule has 2 aromatic carbocycles. The van der Waals surface area contributed by atoms with Crippen LogP contribution in [0.5, 0.6) is 5.75 Å². The number of nitro groups is 1. The van der Waals surface area contributed by atoms with E-state index in [1.54, 1.807) is 0 Å². The number of benzene rings is 2. The summed E-state index contributed by atoms with van der Waals surface area (Å²) in [5.41, 5.74) is -0.255. The van der Waals surface area contributed by atoms with Gasteiger partial charge in [0, 0.05) is 17.8 Å². The number of anilines is 2. The van der Waals surface area contributed by atoms with Gasteiger partial charge in [-0.1, -0.05) is 0 Å². The van der Waals surface area contributed by atoms with Crippen LogP contribution in [-0.4, -0.2) is 34.2 Å². The van der Waals surface area contributed by atoms with Gasteiger partial charge in [0.15, 0.2) is 0 Å². The predicted molar refractivity (Wildman–Crippen MR) is 82.8 cm³/mol. The number of esters is 1. The zero-order valence-corrected chi connectivity index (χ0v) is 12.3. The molecule has 24 heavy (non-hydrogen) atoms. The highest BCUT2D eigenvalue weighted by atomic mass is 16.6. The first-order valence-corrected chi connectivity index (χ1v) is 6.53. The van der Waals surface area contributed by atoms with Crippen LogP contribution < -0.4 is 5.32 Å². The molecular weight excluding hydrogens is 320 g/mol. The third kappa shape index (κ3) is 3.40. The number of carboxylic acids is 1. The van der Waals surface area contributed by atoms with Gasteiger partial charge in [0.25, 0.3) is 5.69 Å². The molecule has 0 aliphatic heterocycles. The van der Waals surface area contributed by atoms with Gasteiger partial charge in [0.2, 0.25) is 0 Å². The Kier molecular flexibility index (Phi) is 4.64. The summed E-state index contributed by atoms with van der Waals surface area (Å²) in [4.78, 5) is 33.0. The van der Waals surface area contributed by atoms with Gasteiger partial charge in [-0.05, 0) is 24.3 Å². The predicted octanol–water partition coefficient (Wildman–Crippen LogP) is 2.53. The van der Waals surface area contributed by atoms with Crippen LogP contribution in [0, 0.1) is 10.1 Å². The van der Waals surface area contributed by atoms with Gasteiger partial charge >= 0.3 is 11.9 Å². The second-order valence-corrected chi connectivity index (χ2v) is 4.64. The highest BCUT2D eigenvalue weighted by molar-refractivity contribution is 5.98. The number of carboxylic acid groups (broad SMARTS) is 1. The summed E-state index contributed by atoms with van der Waals surface area (Å²) in [6.45, 7) is 0. The van der Waals surface area contributed by atoms with E-state index in [9.17, 15) is 24.8 Å². The Morgan fingerprint density at radius 2 is 1.88 bits per heavy atom. The van der Waals surface area contributed by atoms with Crippen molar-refractivity contribution in [1.82, 2.24) is 0 Å². The molecule has 0 amide bonds. The molecule has 2 rings (SSSR count). The summed E-state index contributed by atoms with van der Waals surface area (Å²) in [5.74, 6) is -2.53. The molecule has 0 aliphatic rings. The van der Waals surface area contributed by atoms with Crippen molar-refractivity contribution in [3.63, 3.8) is 0 Å². The maximum atomic E-state index is 11.8. The number of nitrogens with one attached hydrogen (secondary N) is 1. The Morgan fingerprint density at radius 3 is 2.46 bits per heavy atom. The molecular formula is C15H12N2O7. The van der Waals surface area contributed by atoms with Gasteiger partial charge in [-0.25, -0.2) is 9.59 Å². The minimum Gasteiger partial charge on any atom is -0.507 e. The van der Waals surface area contributed by atoms with E-state index < -0.39 is 22.6 Å². The van der Waals surface area contributed by atoms with E-state index in [4.69, 9.17) is 5.11 Å².